The molecule has 4 aromatic carbocycles. The summed E-state index contributed by atoms with van der Waals surface area (Å²) in [6.07, 6.45) is 1.55. The molecular weight excluding hydrogens is 657 g/mol. The van der Waals surface area contributed by atoms with Crippen molar-refractivity contribution in [1.82, 2.24) is 24.5 Å². The van der Waals surface area contributed by atoms with E-state index in [4.69, 9.17) is 9.72 Å². The topological polar surface area (TPSA) is 86.0 Å². The van der Waals surface area contributed by atoms with E-state index in [9.17, 15) is 5.11 Å². The van der Waals surface area contributed by atoms with Crippen LogP contribution in [0.4, 0.5) is 0 Å². The van der Waals surface area contributed by atoms with Crippen molar-refractivity contribution in [3.63, 3.8) is 0 Å². The van der Waals surface area contributed by atoms with E-state index in [0.29, 0.717) is 23.0 Å². The van der Waals surface area contributed by atoms with Crippen molar-refractivity contribution in [3.05, 3.63) is 109 Å². The minimum Gasteiger partial charge on any atom is -0.480 e. The van der Waals surface area contributed by atoms with E-state index in [1.54, 1.807) is 10.9 Å². The maximum absolute atomic E-state index is 10.7. The van der Waals surface area contributed by atoms with Crippen molar-refractivity contribution in [3.8, 4) is 34.7 Å². The van der Waals surface area contributed by atoms with Crippen LogP contribution in [0.5, 0.6) is 17.6 Å². The van der Waals surface area contributed by atoms with Crippen LogP contribution in [0.25, 0.3) is 49.8 Å². The second-order valence-electron chi connectivity index (χ2n) is 8.51. The molecule has 0 aliphatic rings. The first kappa shape index (κ1) is 23.8. The summed E-state index contributed by atoms with van der Waals surface area (Å²) in [6.45, 7) is 0. The Kier molecular flexibility index (Phi) is 6.06. The van der Waals surface area contributed by atoms with Gasteiger partial charge in [0.15, 0.2) is 5.82 Å². The number of aromatic nitrogens is 5. The molecule has 3 aromatic heterocycles. The monoisotopic (exact) mass is 675 g/mol. The van der Waals surface area contributed by atoms with Crippen LogP contribution in [0.15, 0.2) is 103 Å². The second kappa shape index (κ2) is 9.69. The fourth-order valence-electron chi connectivity index (χ4n) is 4.58. The largest absolute Gasteiger partial charge is 0.480 e. The number of para-hydroxylation sites is 3. The van der Waals surface area contributed by atoms with Gasteiger partial charge < -0.3 is 9.84 Å². The van der Waals surface area contributed by atoms with Gasteiger partial charge in [0, 0.05) is 38.3 Å². The van der Waals surface area contributed by atoms with E-state index < -0.39 is 0 Å². The van der Waals surface area contributed by atoms with Crippen LogP contribution in [0.2, 0.25) is 0 Å². The second-order valence-corrected chi connectivity index (χ2v) is 8.51. The smallest absolute Gasteiger partial charge is 0.300 e. The molecule has 3 heterocycles. The summed E-state index contributed by atoms with van der Waals surface area (Å²) in [6, 6.07) is 34.0. The van der Waals surface area contributed by atoms with E-state index in [0.717, 1.165) is 38.4 Å². The van der Waals surface area contributed by atoms with Crippen molar-refractivity contribution < 1.29 is 30.9 Å². The fourth-order valence-corrected chi connectivity index (χ4v) is 4.58. The van der Waals surface area contributed by atoms with Gasteiger partial charge in [-0.2, -0.15) is 9.97 Å². The summed E-state index contributed by atoms with van der Waals surface area (Å²) in [5, 5.41) is 13.4. The molecule has 7 rings (SSSR count). The molecule has 0 saturated heterocycles. The molecule has 8 heteroatoms. The van der Waals surface area contributed by atoms with Gasteiger partial charge in [-0.15, -0.1) is 23.8 Å². The average Bonchev–Trinajstić information content (AvgIpc) is 3.28. The average molecular weight is 676 g/mol. The Morgan fingerprint density at radius 1 is 0.737 bits per heavy atom. The molecule has 0 unspecified atom stereocenters. The first-order chi connectivity index (χ1) is 18.2. The molecule has 0 aliphatic heterocycles. The molecule has 1 N–H and O–H groups in total. The molecule has 0 amide bonds. The third-order valence-electron chi connectivity index (χ3n) is 6.23. The van der Waals surface area contributed by atoms with E-state index >= 15 is 0 Å². The number of aromatic hydroxyl groups is 1. The van der Waals surface area contributed by atoms with Gasteiger partial charge in [-0.1, -0.05) is 60.7 Å². The zero-order valence-electron chi connectivity index (χ0n) is 19.7. The fraction of sp³-hybridized carbons (Fsp3) is 0. The minimum absolute atomic E-state index is 0. The minimum atomic E-state index is -0.139. The van der Waals surface area contributed by atoms with Gasteiger partial charge >= 0.3 is 6.01 Å². The maximum atomic E-state index is 10.7. The predicted octanol–water partition coefficient (Wildman–Crippen LogP) is 6.48. The van der Waals surface area contributed by atoms with Crippen LogP contribution < -0.4 is 4.74 Å². The Labute approximate surface area is 231 Å². The number of pyridine rings is 1. The summed E-state index contributed by atoms with van der Waals surface area (Å²) in [5.74, 6) is 1.39. The number of benzene rings is 4. The van der Waals surface area contributed by atoms with E-state index in [1.165, 1.54) is 0 Å². The molecule has 0 saturated carbocycles. The van der Waals surface area contributed by atoms with Crippen LogP contribution in [0.1, 0.15) is 0 Å². The third-order valence-corrected chi connectivity index (χ3v) is 6.23. The van der Waals surface area contributed by atoms with Gasteiger partial charge in [-0.25, -0.2) is 9.55 Å². The quantitative estimate of drug-likeness (QED) is 0.215. The molecule has 0 fully saturated rings. The number of imidazole rings is 1. The normalized spacial score (nSPS) is 11.1. The molecule has 0 aliphatic carbocycles. The van der Waals surface area contributed by atoms with Gasteiger partial charge in [0.05, 0.1) is 16.6 Å². The zero-order valence-corrected chi connectivity index (χ0v) is 22.0. The SMILES string of the molecule is Oc1nc2ccccc2n1-c1nc(Oc2[c-]c(-c3ncnc4ccccc34)ccc2)cc2ccccc12.[Pt]. The van der Waals surface area contributed by atoms with Crippen molar-refractivity contribution in [2.45, 2.75) is 0 Å². The standard InChI is InChI=1S/C30H18N5O2.Pt/c36-30-33-25-14-5-6-15-26(25)35(30)29-22-11-2-1-8-19(22)17-27(34-29)37-21-10-7-9-20(16-21)28-23-12-3-4-13-24(23)31-18-32-28;/h1-15,17-18H,(H,33,36);/q-1;. The number of hydrogen-bond donors (Lipinski definition) is 1. The summed E-state index contributed by atoms with van der Waals surface area (Å²) in [5.41, 5.74) is 3.85. The molecule has 186 valence electrons. The molecule has 7 aromatic rings. The number of hydrogen-bond acceptors (Lipinski definition) is 6. The van der Waals surface area contributed by atoms with E-state index in [1.807, 2.05) is 97.1 Å². The van der Waals surface area contributed by atoms with Crippen LogP contribution >= 0.6 is 0 Å². The Hall–Kier alpha value is -4.61. The number of fused-ring (bicyclic) bond motifs is 3. The molecule has 0 spiro atoms. The molecule has 0 bridgehead atoms. The number of nitrogens with zero attached hydrogens (tertiary/aromatic N) is 5. The first-order valence-corrected chi connectivity index (χ1v) is 11.7. The zero-order chi connectivity index (χ0) is 24.8. The Balaban J connectivity index is 0.00000264. The molecular formula is C30H18N5O2Pt-. The summed E-state index contributed by atoms with van der Waals surface area (Å²) < 4.78 is 7.86. The molecule has 7 nitrogen and oxygen atoms in total. The van der Waals surface area contributed by atoms with Gasteiger partial charge in [-0.3, -0.25) is 4.98 Å². The molecule has 0 atom stereocenters. The molecule has 38 heavy (non-hydrogen) atoms. The van der Waals surface area contributed by atoms with Crippen molar-refractivity contribution in [1.29, 1.82) is 0 Å². The van der Waals surface area contributed by atoms with Crippen molar-refractivity contribution >= 4 is 32.7 Å². The van der Waals surface area contributed by atoms with Crippen LogP contribution in [-0.2, 0) is 21.1 Å². The first-order valence-electron chi connectivity index (χ1n) is 11.7. The van der Waals surface area contributed by atoms with Crippen molar-refractivity contribution in [2.75, 3.05) is 0 Å². The predicted molar refractivity (Wildman–Crippen MR) is 142 cm³/mol. The third kappa shape index (κ3) is 4.07. The number of ether oxygens (including phenoxy) is 1. The Morgan fingerprint density at radius 3 is 2.39 bits per heavy atom. The Bertz CT molecular complexity index is 1950. The summed E-state index contributed by atoms with van der Waals surface area (Å²) >= 11 is 0. The van der Waals surface area contributed by atoms with Crippen molar-refractivity contribution in [2.24, 2.45) is 0 Å². The van der Waals surface area contributed by atoms with Gasteiger partial charge in [-0.05, 0) is 34.7 Å². The maximum Gasteiger partial charge on any atom is 0.300 e. The van der Waals surface area contributed by atoms with E-state index in [-0.39, 0.29) is 27.1 Å². The summed E-state index contributed by atoms with van der Waals surface area (Å²) in [4.78, 5) is 18.0. The van der Waals surface area contributed by atoms with Gasteiger partial charge in [0.25, 0.3) is 0 Å². The van der Waals surface area contributed by atoms with E-state index in [2.05, 4.69) is 21.0 Å². The van der Waals surface area contributed by atoms with Crippen LogP contribution in [-0.4, -0.2) is 29.6 Å². The van der Waals surface area contributed by atoms with Crippen LogP contribution in [0, 0.1) is 6.07 Å². The van der Waals surface area contributed by atoms with Gasteiger partial charge in [0.2, 0.25) is 5.88 Å². The summed E-state index contributed by atoms with van der Waals surface area (Å²) in [7, 11) is 0. The van der Waals surface area contributed by atoms with Gasteiger partial charge in [0.1, 0.15) is 6.33 Å². The molecule has 0 radical (unpaired) electrons. The number of rotatable bonds is 4. The van der Waals surface area contributed by atoms with Crippen LogP contribution in [0.3, 0.4) is 0 Å². The Morgan fingerprint density at radius 2 is 1.50 bits per heavy atom.